The van der Waals surface area contributed by atoms with Crippen molar-refractivity contribution in [2.75, 3.05) is 0 Å². The summed E-state index contributed by atoms with van der Waals surface area (Å²) >= 11 is 3.41. The van der Waals surface area contributed by atoms with Crippen LogP contribution in [0.2, 0.25) is 0 Å². The molecule has 0 radical (unpaired) electrons. The van der Waals surface area contributed by atoms with E-state index in [2.05, 4.69) is 31.6 Å². The molecule has 3 aromatic rings. The van der Waals surface area contributed by atoms with Crippen molar-refractivity contribution >= 4 is 28.1 Å². The zero-order valence-electron chi connectivity index (χ0n) is 12.8. The summed E-state index contributed by atoms with van der Waals surface area (Å²) in [5.74, 6) is -0.336. The molecule has 0 spiro atoms. The Labute approximate surface area is 148 Å². The summed E-state index contributed by atoms with van der Waals surface area (Å²) in [6.45, 7) is 0.605. The second kappa shape index (κ2) is 7.70. The molecule has 0 saturated carbocycles. The van der Waals surface area contributed by atoms with Crippen molar-refractivity contribution in [1.29, 1.82) is 0 Å². The molecular formula is C18H15BrN4O. The Balaban J connectivity index is 1.59. The molecule has 1 heterocycles. The molecule has 1 amide bonds. The van der Waals surface area contributed by atoms with Gasteiger partial charge in [0.2, 0.25) is 0 Å². The highest BCUT2D eigenvalue weighted by molar-refractivity contribution is 9.10. The minimum Gasteiger partial charge on any atom is -0.268 e. The van der Waals surface area contributed by atoms with Gasteiger partial charge in [0.25, 0.3) is 5.91 Å². The van der Waals surface area contributed by atoms with Crippen molar-refractivity contribution in [3.8, 4) is 0 Å². The number of hydrogen-bond acceptors (Lipinski definition) is 3. The average Bonchev–Trinajstić information content (AvgIpc) is 3.06. The summed E-state index contributed by atoms with van der Waals surface area (Å²) in [6.07, 6.45) is 3.37. The number of halogens is 1. The Morgan fingerprint density at radius 1 is 1.12 bits per heavy atom. The number of hydrazone groups is 1. The number of amides is 1. The van der Waals surface area contributed by atoms with E-state index in [4.69, 9.17) is 0 Å². The van der Waals surface area contributed by atoms with E-state index in [0.29, 0.717) is 12.2 Å². The highest BCUT2D eigenvalue weighted by Gasteiger charge is 2.08. The normalized spacial score (nSPS) is 10.9. The predicted molar refractivity (Wildman–Crippen MR) is 97.0 cm³/mol. The number of hydrogen-bond donors (Lipinski definition) is 1. The van der Waals surface area contributed by atoms with Crippen molar-refractivity contribution in [1.82, 2.24) is 15.2 Å². The van der Waals surface area contributed by atoms with Gasteiger partial charge in [-0.3, -0.25) is 9.48 Å². The fourth-order valence-corrected chi connectivity index (χ4v) is 2.37. The smallest absolute Gasteiger partial charge is 0.268 e. The van der Waals surface area contributed by atoms with Gasteiger partial charge in [-0.25, -0.2) is 5.43 Å². The highest BCUT2D eigenvalue weighted by Crippen LogP contribution is 2.11. The number of nitrogens with zero attached hydrogens (tertiary/aromatic N) is 3. The largest absolute Gasteiger partial charge is 0.291 e. The molecule has 0 bridgehead atoms. The first-order chi connectivity index (χ1) is 11.7. The van der Waals surface area contributed by atoms with Crippen molar-refractivity contribution in [3.63, 3.8) is 0 Å². The van der Waals surface area contributed by atoms with Gasteiger partial charge in [0.05, 0.1) is 12.8 Å². The van der Waals surface area contributed by atoms with E-state index in [9.17, 15) is 4.79 Å². The molecule has 120 valence electrons. The topological polar surface area (TPSA) is 59.3 Å². The first kappa shape index (κ1) is 16.1. The van der Waals surface area contributed by atoms with E-state index in [-0.39, 0.29) is 5.91 Å². The minimum absolute atomic E-state index is 0.331. The number of rotatable bonds is 5. The Kier molecular flexibility index (Phi) is 5.18. The molecule has 6 heteroatoms. The Morgan fingerprint density at radius 3 is 2.62 bits per heavy atom. The molecule has 2 aromatic carbocycles. The summed E-state index contributed by atoms with van der Waals surface area (Å²) in [6, 6.07) is 19.2. The van der Waals surface area contributed by atoms with Crippen molar-refractivity contribution in [2.45, 2.75) is 6.54 Å². The van der Waals surface area contributed by atoms with E-state index >= 15 is 0 Å². The SMILES string of the molecule is O=C(N/N=C/c1ccccc1)c1ccn(Cc2ccc(Br)cc2)n1. The van der Waals surface area contributed by atoms with Crippen LogP contribution >= 0.6 is 15.9 Å². The van der Waals surface area contributed by atoms with E-state index < -0.39 is 0 Å². The summed E-state index contributed by atoms with van der Waals surface area (Å²) in [5, 5.41) is 8.21. The van der Waals surface area contributed by atoms with Gasteiger partial charge in [-0.1, -0.05) is 58.4 Å². The fraction of sp³-hybridized carbons (Fsp3) is 0.0556. The molecule has 24 heavy (non-hydrogen) atoms. The van der Waals surface area contributed by atoms with Gasteiger partial charge in [0, 0.05) is 10.7 Å². The molecule has 0 aliphatic heterocycles. The molecule has 5 nitrogen and oxygen atoms in total. The number of benzene rings is 2. The Hall–Kier alpha value is -2.73. The van der Waals surface area contributed by atoms with Crippen LogP contribution in [0.5, 0.6) is 0 Å². The second-order valence-corrected chi connectivity index (χ2v) is 6.05. The monoisotopic (exact) mass is 382 g/mol. The molecule has 0 fully saturated rings. The number of carbonyl (C=O) groups excluding carboxylic acids is 1. The zero-order valence-corrected chi connectivity index (χ0v) is 14.3. The average molecular weight is 383 g/mol. The van der Waals surface area contributed by atoms with Crippen LogP contribution in [0.3, 0.4) is 0 Å². The standard InChI is InChI=1S/C18H15BrN4O/c19-16-8-6-15(7-9-16)13-23-11-10-17(22-23)18(24)21-20-12-14-4-2-1-3-5-14/h1-12H,13H2,(H,21,24)/b20-12+. The molecule has 0 aliphatic carbocycles. The number of carbonyl (C=O) groups is 1. The molecule has 1 N–H and O–H groups in total. The summed E-state index contributed by atoms with van der Waals surface area (Å²) in [7, 11) is 0. The van der Waals surface area contributed by atoms with Crippen LogP contribution in [0.1, 0.15) is 21.6 Å². The maximum Gasteiger partial charge on any atom is 0.291 e. The lowest BCUT2D eigenvalue weighted by Gasteiger charge is -2.02. The maximum absolute atomic E-state index is 12.0. The lowest BCUT2D eigenvalue weighted by molar-refractivity contribution is 0.0949. The van der Waals surface area contributed by atoms with E-state index in [1.165, 1.54) is 0 Å². The van der Waals surface area contributed by atoms with Crippen LogP contribution < -0.4 is 5.43 Å². The van der Waals surface area contributed by atoms with Crippen LogP contribution in [0, 0.1) is 0 Å². The minimum atomic E-state index is -0.336. The molecule has 0 saturated heterocycles. The number of nitrogens with one attached hydrogen (secondary N) is 1. The third kappa shape index (κ3) is 4.39. The maximum atomic E-state index is 12.0. The lowest BCUT2D eigenvalue weighted by Crippen LogP contribution is -2.18. The van der Waals surface area contributed by atoms with E-state index in [1.807, 2.05) is 54.6 Å². The molecule has 0 unspecified atom stereocenters. The highest BCUT2D eigenvalue weighted by atomic mass is 79.9. The van der Waals surface area contributed by atoms with Gasteiger partial charge in [-0.05, 0) is 29.3 Å². The zero-order chi connectivity index (χ0) is 16.8. The molecule has 3 rings (SSSR count). The van der Waals surface area contributed by atoms with Gasteiger partial charge in [0.15, 0.2) is 5.69 Å². The molecule has 1 aromatic heterocycles. The summed E-state index contributed by atoms with van der Waals surface area (Å²) in [4.78, 5) is 12.0. The van der Waals surface area contributed by atoms with Gasteiger partial charge >= 0.3 is 0 Å². The van der Waals surface area contributed by atoms with Gasteiger partial charge in [0.1, 0.15) is 0 Å². The summed E-state index contributed by atoms with van der Waals surface area (Å²) < 4.78 is 2.75. The van der Waals surface area contributed by atoms with Crippen molar-refractivity contribution < 1.29 is 4.79 Å². The Morgan fingerprint density at radius 2 is 1.88 bits per heavy atom. The van der Waals surface area contributed by atoms with Gasteiger partial charge in [-0.2, -0.15) is 10.2 Å². The lowest BCUT2D eigenvalue weighted by atomic mass is 10.2. The van der Waals surface area contributed by atoms with Crippen LogP contribution in [0.4, 0.5) is 0 Å². The third-order valence-corrected chi connectivity index (χ3v) is 3.84. The Bertz CT molecular complexity index is 841. The van der Waals surface area contributed by atoms with E-state index in [0.717, 1.165) is 15.6 Å². The summed E-state index contributed by atoms with van der Waals surface area (Å²) in [5.41, 5.74) is 4.83. The van der Waals surface area contributed by atoms with Gasteiger partial charge < -0.3 is 0 Å². The van der Waals surface area contributed by atoms with E-state index in [1.54, 1.807) is 23.2 Å². The van der Waals surface area contributed by atoms with Crippen LogP contribution in [-0.2, 0) is 6.54 Å². The fourth-order valence-electron chi connectivity index (χ4n) is 2.11. The second-order valence-electron chi connectivity index (χ2n) is 5.13. The molecular weight excluding hydrogens is 368 g/mol. The quantitative estimate of drug-likeness (QED) is 0.542. The van der Waals surface area contributed by atoms with Crippen molar-refractivity contribution in [3.05, 3.63) is 88.2 Å². The van der Waals surface area contributed by atoms with Crippen LogP contribution in [0.25, 0.3) is 0 Å². The van der Waals surface area contributed by atoms with Crippen molar-refractivity contribution in [2.24, 2.45) is 5.10 Å². The third-order valence-electron chi connectivity index (χ3n) is 3.31. The van der Waals surface area contributed by atoms with Gasteiger partial charge in [-0.15, -0.1) is 0 Å². The van der Waals surface area contributed by atoms with Crippen LogP contribution in [-0.4, -0.2) is 21.9 Å². The molecule has 0 atom stereocenters. The first-order valence-corrected chi connectivity index (χ1v) is 8.16. The predicted octanol–water partition coefficient (Wildman–Crippen LogP) is 3.46. The van der Waals surface area contributed by atoms with Crippen LogP contribution in [0.15, 0.2) is 76.4 Å². The molecule has 0 aliphatic rings. The first-order valence-electron chi connectivity index (χ1n) is 7.37. The number of aromatic nitrogens is 2.